The van der Waals surface area contributed by atoms with Crippen molar-refractivity contribution in [2.45, 2.75) is 31.8 Å². The lowest BCUT2D eigenvalue weighted by Crippen LogP contribution is -2.11. The van der Waals surface area contributed by atoms with Crippen LogP contribution in [0.5, 0.6) is 5.75 Å². The summed E-state index contributed by atoms with van der Waals surface area (Å²) < 4.78 is 18.7. The minimum atomic E-state index is -1.14. The molecule has 0 saturated heterocycles. The Morgan fingerprint density at radius 2 is 2.00 bits per heavy atom. The molecular weight excluding hydrogens is 211 g/mol. The van der Waals surface area contributed by atoms with E-state index in [2.05, 4.69) is 0 Å². The van der Waals surface area contributed by atoms with Gasteiger partial charge in [0.15, 0.2) is 0 Å². The molecule has 86 valence electrons. The number of halogens is 1. The van der Waals surface area contributed by atoms with E-state index in [1.165, 1.54) is 12.1 Å². The number of aromatic carboxylic acids is 1. The molecule has 1 saturated carbocycles. The maximum absolute atomic E-state index is 13.1. The molecule has 1 fully saturated rings. The number of rotatable bonds is 3. The predicted octanol–water partition coefficient (Wildman–Crippen LogP) is 2.85. The summed E-state index contributed by atoms with van der Waals surface area (Å²) >= 11 is 0. The monoisotopic (exact) mass is 224 g/mol. The van der Waals surface area contributed by atoms with Crippen molar-refractivity contribution in [3.05, 3.63) is 29.6 Å². The van der Waals surface area contributed by atoms with Gasteiger partial charge in [0.1, 0.15) is 11.6 Å². The minimum absolute atomic E-state index is 0.0759. The highest BCUT2D eigenvalue weighted by molar-refractivity contribution is 5.88. The van der Waals surface area contributed by atoms with Crippen molar-refractivity contribution < 1.29 is 19.0 Å². The molecule has 1 aliphatic carbocycles. The Labute approximate surface area is 92.9 Å². The van der Waals surface area contributed by atoms with E-state index in [-0.39, 0.29) is 11.7 Å². The van der Waals surface area contributed by atoms with Crippen molar-refractivity contribution in [2.24, 2.45) is 0 Å². The summed E-state index contributed by atoms with van der Waals surface area (Å²) in [6.07, 6.45) is 4.25. The van der Waals surface area contributed by atoms with Crippen molar-refractivity contribution in [2.75, 3.05) is 0 Å². The third-order valence-corrected chi connectivity index (χ3v) is 2.72. The van der Waals surface area contributed by atoms with Gasteiger partial charge in [-0.2, -0.15) is 0 Å². The fourth-order valence-electron chi connectivity index (χ4n) is 1.95. The van der Waals surface area contributed by atoms with Gasteiger partial charge in [-0.15, -0.1) is 0 Å². The number of hydrogen-bond donors (Lipinski definition) is 1. The number of hydrogen-bond acceptors (Lipinski definition) is 2. The first kappa shape index (κ1) is 10.9. The van der Waals surface area contributed by atoms with E-state index in [4.69, 9.17) is 9.84 Å². The molecule has 0 amide bonds. The van der Waals surface area contributed by atoms with Gasteiger partial charge >= 0.3 is 5.97 Å². The van der Waals surface area contributed by atoms with Crippen LogP contribution in [-0.2, 0) is 0 Å². The first-order chi connectivity index (χ1) is 7.65. The van der Waals surface area contributed by atoms with Crippen LogP contribution in [-0.4, -0.2) is 17.2 Å². The van der Waals surface area contributed by atoms with E-state index in [1.54, 1.807) is 0 Å². The molecule has 0 aromatic heterocycles. The standard InChI is InChI=1S/C12H13FO3/c13-9-5-8(12(14)15)6-11(7-9)16-10-3-1-2-4-10/h5-7,10H,1-4H2,(H,14,15). The van der Waals surface area contributed by atoms with Crippen LogP contribution in [0, 0.1) is 5.82 Å². The number of benzene rings is 1. The summed E-state index contributed by atoms with van der Waals surface area (Å²) in [5, 5.41) is 8.77. The molecule has 0 unspecified atom stereocenters. The van der Waals surface area contributed by atoms with Gasteiger partial charge in [-0.3, -0.25) is 0 Å². The third kappa shape index (κ3) is 2.51. The summed E-state index contributed by atoms with van der Waals surface area (Å²) in [4.78, 5) is 10.7. The fraction of sp³-hybridized carbons (Fsp3) is 0.417. The topological polar surface area (TPSA) is 46.5 Å². The Balaban J connectivity index is 2.16. The van der Waals surface area contributed by atoms with Gasteiger partial charge in [0.05, 0.1) is 11.7 Å². The lowest BCUT2D eigenvalue weighted by atomic mass is 10.2. The van der Waals surface area contributed by atoms with Gasteiger partial charge in [-0.1, -0.05) is 0 Å². The zero-order valence-electron chi connectivity index (χ0n) is 8.78. The summed E-state index contributed by atoms with van der Waals surface area (Å²) in [6, 6.07) is 3.58. The van der Waals surface area contributed by atoms with E-state index < -0.39 is 11.8 Å². The molecule has 2 rings (SSSR count). The van der Waals surface area contributed by atoms with Crippen LogP contribution in [0.4, 0.5) is 4.39 Å². The van der Waals surface area contributed by atoms with Crippen molar-refractivity contribution in [1.82, 2.24) is 0 Å². The van der Waals surface area contributed by atoms with Crippen molar-refractivity contribution >= 4 is 5.97 Å². The largest absolute Gasteiger partial charge is 0.490 e. The Morgan fingerprint density at radius 1 is 1.31 bits per heavy atom. The van der Waals surface area contributed by atoms with Gasteiger partial charge in [0, 0.05) is 6.07 Å². The first-order valence-corrected chi connectivity index (χ1v) is 5.36. The zero-order valence-corrected chi connectivity index (χ0v) is 8.78. The number of carbonyl (C=O) groups is 1. The fourth-order valence-corrected chi connectivity index (χ4v) is 1.95. The van der Waals surface area contributed by atoms with Gasteiger partial charge < -0.3 is 9.84 Å². The highest BCUT2D eigenvalue weighted by Gasteiger charge is 2.17. The van der Waals surface area contributed by atoms with Gasteiger partial charge in [0.25, 0.3) is 0 Å². The van der Waals surface area contributed by atoms with E-state index in [1.807, 2.05) is 0 Å². The molecule has 0 spiro atoms. The van der Waals surface area contributed by atoms with Crippen molar-refractivity contribution in [3.63, 3.8) is 0 Å². The van der Waals surface area contributed by atoms with Gasteiger partial charge in [0.2, 0.25) is 0 Å². The molecule has 1 aromatic carbocycles. The number of carboxylic acids is 1. The first-order valence-electron chi connectivity index (χ1n) is 5.36. The second-order valence-corrected chi connectivity index (χ2v) is 4.01. The highest BCUT2D eigenvalue weighted by atomic mass is 19.1. The minimum Gasteiger partial charge on any atom is -0.490 e. The van der Waals surface area contributed by atoms with Crippen LogP contribution in [0.25, 0.3) is 0 Å². The maximum Gasteiger partial charge on any atom is 0.335 e. The maximum atomic E-state index is 13.1. The van der Waals surface area contributed by atoms with Crippen LogP contribution >= 0.6 is 0 Å². The van der Waals surface area contributed by atoms with E-state index in [0.29, 0.717) is 5.75 Å². The van der Waals surface area contributed by atoms with E-state index in [9.17, 15) is 9.18 Å². The normalized spacial score (nSPS) is 16.3. The smallest absolute Gasteiger partial charge is 0.335 e. The van der Waals surface area contributed by atoms with E-state index >= 15 is 0 Å². The summed E-state index contributed by atoms with van der Waals surface area (Å²) in [5.74, 6) is -1.41. The Morgan fingerprint density at radius 3 is 2.62 bits per heavy atom. The molecule has 3 nitrogen and oxygen atoms in total. The molecule has 0 radical (unpaired) electrons. The summed E-state index contributed by atoms with van der Waals surface area (Å²) in [7, 11) is 0. The third-order valence-electron chi connectivity index (χ3n) is 2.72. The Kier molecular flexibility index (Phi) is 3.08. The van der Waals surface area contributed by atoms with Crippen molar-refractivity contribution in [3.8, 4) is 5.75 Å². The molecule has 1 aliphatic rings. The average Bonchev–Trinajstić information content (AvgIpc) is 2.69. The van der Waals surface area contributed by atoms with Crippen LogP contribution in [0.1, 0.15) is 36.0 Å². The Bertz CT molecular complexity index is 397. The van der Waals surface area contributed by atoms with E-state index in [0.717, 1.165) is 31.7 Å². The lowest BCUT2D eigenvalue weighted by Gasteiger charge is -2.13. The molecule has 1 N–H and O–H groups in total. The molecule has 16 heavy (non-hydrogen) atoms. The molecular formula is C12H13FO3. The number of carboxylic acid groups (broad SMARTS) is 1. The molecule has 0 atom stereocenters. The molecule has 0 heterocycles. The van der Waals surface area contributed by atoms with Crippen LogP contribution < -0.4 is 4.74 Å². The Hall–Kier alpha value is -1.58. The summed E-state index contributed by atoms with van der Waals surface area (Å²) in [5.41, 5.74) is -0.0759. The average molecular weight is 224 g/mol. The highest BCUT2D eigenvalue weighted by Crippen LogP contribution is 2.25. The molecule has 0 aliphatic heterocycles. The summed E-state index contributed by atoms with van der Waals surface area (Å²) in [6.45, 7) is 0. The zero-order chi connectivity index (χ0) is 11.5. The van der Waals surface area contributed by atoms with Gasteiger partial charge in [-0.05, 0) is 37.8 Å². The molecule has 4 heteroatoms. The van der Waals surface area contributed by atoms with Gasteiger partial charge in [-0.25, -0.2) is 9.18 Å². The predicted molar refractivity (Wildman–Crippen MR) is 56.2 cm³/mol. The quantitative estimate of drug-likeness (QED) is 0.858. The van der Waals surface area contributed by atoms with Crippen molar-refractivity contribution in [1.29, 1.82) is 0 Å². The second-order valence-electron chi connectivity index (χ2n) is 4.01. The SMILES string of the molecule is O=C(O)c1cc(F)cc(OC2CCCC2)c1. The lowest BCUT2D eigenvalue weighted by molar-refractivity contribution is 0.0695. The van der Waals surface area contributed by atoms with Crippen LogP contribution in [0.3, 0.4) is 0 Å². The second kappa shape index (κ2) is 4.51. The molecule has 1 aromatic rings. The molecule has 0 bridgehead atoms. The van der Waals surface area contributed by atoms with Crippen LogP contribution in [0.15, 0.2) is 18.2 Å². The van der Waals surface area contributed by atoms with Crippen LogP contribution in [0.2, 0.25) is 0 Å². The number of ether oxygens (including phenoxy) is 1.